The van der Waals surface area contributed by atoms with Crippen LogP contribution in [0.2, 0.25) is 0 Å². The maximum Gasteiger partial charge on any atom is 0.255 e. The first-order valence-electron chi connectivity index (χ1n) is 7.89. The topological polar surface area (TPSA) is 46.9 Å². The number of nitrogens with one attached hydrogen (secondary N) is 1. The zero-order valence-electron chi connectivity index (χ0n) is 14.2. The summed E-state index contributed by atoms with van der Waals surface area (Å²) in [4.78, 5) is 12.5. The summed E-state index contributed by atoms with van der Waals surface area (Å²) in [5.74, 6) is -0.661. The van der Waals surface area contributed by atoms with Gasteiger partial charge in [0.05, 0.1) is 17.9 Å². The van der Waals surface area contributed by atoms with E-state index in [9.17, 15) is 9.18 Å². The van der Waals surface area contributed by atoms with Crippen LogP contribution in [0.25, 0.3) is 0 Å². The number of nitrogens with zero attached hydrogens (tertiary/aromatic N) is 2. The van der Waals surface area contributed by atoms with E-state index in [4.69, 9.17) is 0 Å². The minimum absolute atomic E-state index is 0.268. The number of rotatable bonds is 4. The average Bonchev–Trinajstić information content (AvgIpc) is 2.88. The molecule has 0 aliphatic heterocycles. The molecule has 1 heterocycles. The Morgan fingerprint density at radius 2 is 1.73 bits per heavy atom. The van der Waals surface area contributed by atoms with Gasteiger partial charge in [0.1, 0.15) is 5.82 Å². The van der Waals surface area contributed by atoms with Crippen molar-refractivity contribution < 1.29 is 9.18 Å². The van der Waals surface area contributed by atoms with Crippen molar-refractivity contribution in [2.24, 2.45) is 0 Å². The summed E-state index contributed by atoms with van der Waals surface area (Å²) >= 11 is 6.52. The fourth-order valence-corrected chi connectivity index (χ4v) is 3.95. The highest BCUT2D eigenvalue weighted by Gasteiger charge is 2.13. The number of aromatic nitrogens is 2. The molecule has 0 unspecified atom stereocenters. The molecule has 134 valence electrons. The molecule has 0 atom stereocenters. The van der Waals surface area contributed by atoms with Crippen LogP contribution >= 0.6 is 31.9 Å². The number of amides is 1. The molecule has 0 saturated carbocycles. The summed E-state index contributed by atoms with van der Waals surface area (Å²) in [6, 6.07) is 12.0. The molecular weight excluding hydrogens is 465 g/mol. The van der Waals surface area contributed by atoms with Crippen LogP contribution in [0.1, 0.15) is 27.3 Å². The summed E-state index contributed by atoms with van der Waals surface area (Å²) in [6.45, 7) is 4.62. The van der Waals surface area contributed by atoms with Gasteiger partial charge in [-0.15, -0.1) is 0 Å². The van der Waals surface area contributed by atoms with E-state index in [2.05, 4.69) is 42.3 Å². The van der Waals surface area contributed by atoms with Crippen LogP contribution in [0, 0.1) is 19.7 Å². The summed E-state index contributed by atoms with van der Waals surface area (Å²) in [5, 5.41) is 7.23. The first-order chi connectivity index (χ1) is 12.3. The second kappa shape index (κ2) is 7.72. The third-order valence-electron chi connectivity index (χ3n) is 3.90. The monoisotopic (exact) mass is 479 g/mol. The molecule has 3 aromatic rings. The molecule has 2 aromatic carbocycles. The van der Waals surface area contributed by atoms with E-state index in [0.717, 1.165) is 17.0 Å². The lowest BCUT2D eigenvalue weighted by Crippen LogP contribution is -2.13. The zero-order chi connectivity index (χ0) is 18.8. The lowest BCUT2D eigenvalue weighted by molar-refractivity contribution is 0.102. The largest absolute Gasteiger partial charge is 0.320 e. The van der Waals surface area contributed by atoms with Crippen LogP contribution in [-0.2, 0) is 6.54 Å². The highest BCUT2D eigenvalue weighted by molar-refractivity contribution is 9.11. The molecule has 0 radical (unpaired) electrons. The van der Waals surface area contributed by atoms with E-state index in [1.165, 1.54) is 12.1 Å². The number of hydrogen-bond donors (Lipinski definition) is 1. The van der Waals surface area contributed by atoms with Crippen molar-refractivity contribution in [3.8, 4) is 0 Å². The number of carbonyl (C=O) groups is 1. The summed E-state index contributed by atoms with van der Waals surface area (Å²) < 4.78 is 16.2. The Morgan fingerprint density at radius 3 is 2.27 bits per heavy atom. The smallest absolute Gasteiger partial charge is 0.255 e. The SMILES string of the molecule is Cc1cc(C)n(Cc2ccc(C(=O)Nc3c(Br)cc(F)cc3Br)cc2)n1. The molecule has 1 amide bonds. The van der Waals surface area contributed by atoms with Gasteiger partial charge in [0.15, 0.2) is 0 Å². The van der Waals surface area contributed by atoms with Crippen LogP contribution in [0.3, 0.4) is 0 Å². The number of aryl methyl sites for hydroxylation is 2. The standard InChI is InChI=1S/C19H16Br2FN3O/c1-11-7-12(2)25(24-11)10-13-3-5-14(6-4-13)19(26)23-18-16(20)8-15(22)9-17(18)21/h3-9H,10H2,1-2H3,(H,23,26). The third kappa shape index (κ3) is 4.22. The molecule has 1 N–H and O–H groups in total. The highest BCUT2D eigenvalue weighted by Crippen LogP contribution is 2.32. The predicted octanol–water partition coefficient (Wildman–Crippen LogP) is 5.46. The molecule has 1 aromatic heterocycles. The molecule has 7 heteroatoms. The molecule has 0 saturated heterocycles. The van der Waals surface area contributed by atoms with Crippen LogP contribution in [0.5, 0.6) is 0 Å². The Labute approximate surface area is 167 Å². The Bertz CT molecular complexity index is 944. The Kier molecular flexibility index (Phi) is 5.58. The van der Waals surface area contributed by atoms with Crippen LogP contribution in [-0.4, -0.2) is 15.7 Å². The maximum atomic E-state index is 13.3. The lowest BCUT2D eigenvalue weighted by Gasteiger charge is -2.11. The van der Waals surface area contributed by atoms with E-state index >= 15 is 0 Å². The normalized spacial score (nSPS) is 10.8. The maximum absolute atomic E-state index is 13.3. The van der Waals surface area contributed by atoms with Gasteiger partial charge >= 0.3 is 0 Å². The van der Waals surface area contributed by atoms with Crippen molar-refractivity contribution in [2.45, 2.75) is 20.4 Å². The van der Waals surface area contributed by atoms with Crippen molar-refractivity contribution in [1.82, 2.24) is 9.78 Å². The molecule has 0 bridgehead atoms. The number of halogens is 3. The van der Waals surface area contributed by atoms with E-state index in [-0.39, 0.29) is 5.91 Å². The average molecular weight is 481 g/mol. The Morgan fingerprint density at radius 1 is 1.12 bits per heavy atom. The number of benzene rings is 2. The van der Waals surface area contributed by atoms with Gasteiger partial charge in [-0.2, -0.15) is 5.10 Å². The molecule has 0 aliphatic rings. The minimum atomic E-state index is -0.393. The molecule has 0 fully saturated rings. The second-order valence-corrected chi connectivity index (χ2v) is 7.69. The van der Waals surface area contributed by atoms with Gasteiger partial charge in [-0.3, -0.25) is 9.48 Å². The van der Waals surface area contributed by atoms with Crippen molar-refractivity contribution in [2.75, 3.05) is 5.32 Å². The molecule has 3 rings (SSSR count). The minimum Gasteiger partial charge on any atom is -0.320 e. The van der Waals surface area contributed by atoms with E-state index in [1.54, 1.807) is 12.1 Å². The quantitative estimate of drug-likeness (QED) is 0.538. The molecule has 4 nitrogen and oxygen atoms in total. The molecule has 26 heavy (non-hydrogen) atoms. The second-order valence-electron chi connectivity index (χ2n) is 5.98. The summed E-state index contributed by atoms with van der Waals surface area (Å²) in [6.07, 6.45) is 0. The third-order valence-corrected chi connectivity index (χ3v) is 5.15. The first-order valence-corrected chi connectivity index (χ1v) is 9.48. The van der Waals surface area contributed by atoms with Crippen LogP contribution in [0.4, 0.5) is 10.1 Å². The Hall–Kier alpha value is -1.99. The fraction of sp³-hybridized carbons (Fsp3) is 0.158. The van der Waals surface area contributed by atoms with Gasteiger partial charge < -0.3 is 5.32 Å². The molecule has 0 aliphatic carbocycles. The first kappa shape index (κ1) is 18.8. The molecular formula is C19H16Br2FN3O. The van der Waals surface area contributed by atoms with Gasteiger partial charge in [0, 0.05) is 20.2 Å². The fourth-order valence-electron chi connectivity index (χ4n) is 2.62. The highest BCUT2D eigenvalue weighted by atomic mass is 79.9. The van der Waals surface area contributed by atoms with E-state index in [1.807, 2.05) is 36.7 Å². The van der Waals surface area contributed by atoms with Gasteiger partial charge in [0.2, 0.25) is 0 Å². The number of anilines is 1. The van der Waals surface area contributed by atoms with Crippen molar-refractivity contribution in [3.63, 3.8) is 0 Å². The van der Waals surface area contributed by atoms with Crippen molar-refractivity contribution in [1.29, 1.82) is 0 Å². The lowest BCUT2D eigenvalue weighted by atomic mass is 10.1. The van der Waals surface area contributed by atoms with Gasteiger partial charge in [-0.1, -0.05) is 12.1 Å². The van der Waals surface area contributed by atoms with Gasteiger partial charge in [-0.25, -0.2) is 4.39 Å². The van der Waals surface area contributed by atoms with Crippen LogP contribution < -0.4 is 5.32 Å². The van der Waals surface area contributed by atoms with Gasteiger partial charge in [0.25, 0.3) is 5.91 Å². The molecule has 0 spiro atoms. The van der Waals surface area contributed by atoms with E-state index in [0.29, 0.717) is 26.7 Å². The van der Waals surface area contributed by atoms with Crippen LogP contribution in [0.15, 0.2) is 51.4 Å². The Balaban J connectivity index is 1.74. The summed E-state index contributed by atoms with van der Waals surface area (Å²) in [5.41, 5.74) is 4.13. The van der Waals surface area contributed by atoms with Crippen molar-refractivity contribution >= 4 is 43.5 Å². The van der Waals surface area contributed by atoms with Gasteiger partial charge in [-0.05, 0) is 81.6 Å². The predicted molar refractivity (Wildman–Crippen MR) is 107 cm³/mol. The van der Waals surface area contributed by atoms with Crippen molar-refractivity contribution in [3.05, 3.63) is 79.7 Å². The summed E-state index contributed by atoms with van der Waals surface area (Å²) in [7, 11) is 0. The van der Waals surface area contributed by atoms with E-state index < -0.39 is 5.82 Å². The number of hydrogen-bond acceptors (Lipinski definition) is 2. The zero-order valence-corrected chi connectivity index (χ0v) is 17.4. The number of carbonyl (C=O) groups excluding carboxylic acids is 1.